The van der Waals surface area contributed by atoms with Gasteiger partial charge in [-0.3, -0.25) is 4.79 Å². The molecule has 0 spiro atoms. The Morgan fingerprint density at radius 2 is 2.07 bits per heavy atom. The molecule has 1 N–H and O–H groups in total. The fourth-order valence-electron chi connectivity index (χ4n) is 3.30. The molecule has 1 aliphatic heterocycles. The fourth-order valence-corrected chi connectivity index (χ4v) is 3.30. The van der Waals surface area contributed by atoms with E-state index in [0.717, 1.165) is 5.56 Å². The average molecular weight is 413 g/mol. The number of benzene rings is 1. The maximum absolute atomic E-state index is 12.6. The molecule has 2 rings (SSSR count). The highest BCUT2D eigenvalue weighted by molar-refractivity contribution is 5.82. The van der Waals surface area contributed by atoms with E-state index in [-0.39, 0.29) is 29.3 Å². The lowest BCUT2D eigenvalue weighted by molar-refractivity contribution is -0.146. The summed E-state index contributed by atoms with van der Waals surface area (Å²) < 4.78 is 39.9. The Bertz CT molecular complexity index is 715. The molecule has 9 heteroatoms. The number of nitrogens with zero attached hydrogens (tertiary/aromatic N) is 2. The van der Waals surface area contributed by atoms with E-state index in [2.05, 4.69) is 15.0 Å². The lowest BCUT2D eigenvalue weighted by Gasteiger charge is -2.21. The first-order chi connectivity index (χ1) is 13.9. The number of alkyl halides is 2. The molecule has 0 aliphatic carbocycles. The molecule has 2 unspecified atom stereocenters. The predicted octanol–water partition coefficient (Wildman–Crippen LogP) is 2.89. The second-order valence-corrected chi connectivity index (χ2v) is 6.77. The van der Waals surface area contributed by atoms with Crippen LogP contribution in [0.3, 0.4) is 0 Å². The summed E-state index contributed by atoms with van der Waals surface area (Å²) in [6, 6.07) is 4.79. The van der Waals surface area contributed by atoms with Crippen molar-refractivity contribution in [1.29, 1.82) is 0 Å². The third-order valence-electron chi connectivity index (χ3n) is 4.69. The van der Waals surface area contributed by atoms with E-state index in [1.807, 2.05) is 18.7 Å². The van der Waals surface area contributed by atoms with Gasteiger partial charge in [0.25, 0.3) is 0 Å². The van der Waals surface area contributed by atoms with Crippen LogP contribution >= 0.6 is 0 Å². The van der Waals surface area contributed by atoms with Crippen LogP contribution in [0.1, 0.15) is 26.3 Å². The number of rotatable bonds is 8. The summed E-state index contributed by atoms with van der Waals surface area (Å²) in [5.41, 5.74) is 0.794. The topological polar surface area (TPSA) is 72.4 Å². The predicted molar refractivity (Wildman–Crippen MR) is 105 cm³/mol. The Hall–Kier alpha value is -2.58. The largest absolute Gasteiger partial charge is 0.490 e. The minimum atomic E-state index is -2.92. The first-order valence-electron chi connectivity index (χ1n) is 9.71. The summed E-state index contributed by atoms with van der Waals surface area (Å²) in [7, 11) is 1.40. The number of halogens is 2. The third-order valence-corrected chi connectivity index (χ3v) is 4.69. The van der Waals surface area contributed by atoms with Gasteiger partial charge in [-0.25, -0.2) is 4.99 Å². The summed E-state index contributed by atoms with van der Waals surface area (Å²) in [6.45, 7) is 5.39. The Morgan fingerprint density at radius 1 is 1.31 bits per heavy atom. The second-order valence-electron chi connectivity index (χ2n) is 6.77. The van der Waals surface area contributed by atoms with Gasteiger partial charge in [0.05, 0.1) is 26.2 Å². The normalized spacial score (nSPS) is 19.4. The molecule has 1 fully saturated rings. The fraction of sp³-hybridized carbons (Fsp3) is 0.600. The van der Waals surface area contributed by atoms with Crippen LogP contribution < -0.4 is 14.8 Å². The number of guanidine groups is 1. The van der Waals surface area contributed by atoms with Gasteiger partial charge in [-0.15, -0.1) is 0 Å². The number of hydrogen-bond donors (Lipinski definition) is 1. The number of esters is 1. The van der Waals surface area contributed by atoms with E-state index in [1.54, 1.807) is 19.1 Å². The molecule has 7 nitrogen and oxygen atoms in total. The van der Waals surface area contributed by atoms with Crippen molar-refractivity contribution in [3.63, 3.8) is 0 Å². The number of methoxy groups -OCH3 is 1. The number of likely N-dealkylation sites (tertiary alicyclic amines) is 1. The van der Waals surface area contributed by atoms with Crippen molar-refractivity contribution >= 4 is 11.9 Å². The smallest absolute Gasteiger partial charge is 0.387 e. The molecule has 1 aromatic carbocycles. The highest BCUT2D eigenvalue weighted by Gasteiger charge is 2.36. The third kappa shape index (κ3) is 6.20. The molecule has 0 saturated carbocycles. The first kappa shape index (κ1) is 22.7. The Balaban J connectivity index is 2.15. The molecule has 1 heterocycles. The number of carbonyl (C=O) groups is 1. The van der Waals surface area contributed by atoms with Crippen molar-refractivity contribution in [2.75, 3.05) is 33.4 Å². The van der Waals surface area contributed by atoms with Crippen LogP contribution in [0, 0.1) is 11.8 Å². The van der Waals surface area contributed by atoms with Crippen LogP contribution in [-0.2, 0) is 16.1 Å². The number of nitrogens with one attached hydrogen (secondary N) is 1. The molecule has 0 bridgehead atoms. The van der Waals surface area contributed by atoms with Gasteiger partial charge in [-0.2, -0.15) is 8.78 Å². The molecule has 0 aromatic heterocycles. The van der Waals surface area contributed by atoms with E-state index >= 15 is 0 Å². The van der Waals surface area contributed by atoms with Crippen molar-refractivity contribution < 1.29 is 27.8 Å². The number of hydrogen-bond acceptors (Lipinski definition) is 5. The summed E-state index contributed by atoms with van der Waals surface area (Å²) in [5.74, 6) is 0.686. The number of carbonyl (C=O) groups excluding carboxylic acids is 1. The summed E-state index contributed by atoms with van der Waals surface area (Å²) in [5, 5.41) is 3.24. The Morgan fingerprint density at radius 3 is 2.69 bits per heavy atom. The van der Waals surface area contributed by atoms with Crippen LogP contribution in [0.2, 0.25) is 0 Å². The van der Waals surface area contributed by atoms with Crippen LogP contribution in [0.5, 0.6) is 11.5 Å². The molecule has 0 radical (unpaired) electrons. The highest BCUT2D eigenvalue weighted by atomic mass is 19.3. The molecule has 2 atom stereocenters. The zero-order valence-corrected chi connectivity index (χ0v) is 17.3. The van der Waals surface area contributed by atoms with Crippen molar-refractivity contribution in [1.82, 2.24) is 10.2 Å². The molecule has 29 heavy (non-hydrogen) atoms. The SMILES string of the molecule is CCNC(=NCc1ccc(OC(F)F)c(OCC)c1)N1CC(C)C(C(=O)OC)C1. The van der Waals surface area contributed by atoms with Gasteiger partial charge in [-0.1, -0.05) is 13.0 Å². The Kier molecular flexibility index (Phi) is 8.48. The highest BCUT2D eigenvalue weighted by Crippen LogP contribution is 2.30. The lowest BCUT2D eigenvalue weighted by atomic mass is 9.99. The maximum Gasteiger partial charge on any atom is 0.387 e. The van der Waals surface area contributed by atoms with Crippen LogP contribution in [0.25, 0.3) is 0 Å². The lowest BCUT2D eigenvalue weighted by Crippen LogP contribution is -2.40. The van der Waals surface area contributed by atoms with E-state index < -0.39 is 6.61 Å². The average Bonchev–Trinajstić information content (AvgIpc) is 3.07. The van der Waals surface area contributed by atoms with Crippen molar-refractivity contribution in [2.45, 2.75) is 33.9 Å². The standard InChI is InChI=1S/C20H29F2N3O4/c1-5-23-20(25-11-13(3)15(12-25)18(26)27-4)24-10-14-7-8-16(29-19(21)22)17(9-14)28-6-2/h7-9,13,15,19H,5-6,10-12H2,1-4H3,(H,23,24). The van der Waals surface area contributed by atoms with Gasteiger partial charge in [0.2, 0.25) is 0 Å². The van der Waals surface area contributed by atoms with Crippen LogP contribution in [0.4, 0.5) is 8.78 Å². The van der Waals surface area contributed by atoms with E-state index in [9.17, 15) is 13.6 Å². The van der Waals surface area contributed by atoms with Crippen LogP contribution in [0.15, 0.2) is 23.2 Å². The summed E-state index contributed by atoms with van der Waals surface area (Å²) >= 11 is 0. The van der Waals surface area contributed by atoms with E-state index in [0.29, 0.717) is 38.7 Å². The van der Waals surface area contributed by atoms with E-state index in [1.165, 1.54) is 13.2 Å². The molecule has 1 aliphatic rings. The minimum absolute atomic E-state index is 0.00391. The quantitative estimate of drug-likeness (QED) is 0.401. The summed E-state index contributed by atoms with van der Waals surface area (Å²) in [6.07, 6.45) is 0. The number of ether oxygens (including phenoxy) is 3. The van der Waals surface area contributed by atoms with Crippen LogP contribution in [-0.4, -0.2) is 56.8 Å². The molecule has 162 valence electrons. The van der Waals surface area contributed by atoms with Crippen molar-refractivity contribution in [2.24, 2.45) is 16.8 Å². The van der Waals surface area contributed by atoms with Gasteiger partial charge in [0, 0.05) is 19.6 Å². The van der Waals surface area contributed by atoms with Gasteiger partial charge in [-0.05, 0) is 37.5 Å². The van der Waals surface area contributed by atoms with Gasteiger partial charge in [0.15, 0.2) is 17.5 Å². The van der Waals surface area contributed by atoms with Gasteiger partial charge in [0.1, 0.15) is 0 Å². The first-order valence-corrected chi connectivity index (χ1v) is 9.71. The van der Waals surface area contributed by atoms with Crippen molar-refractivity contribution in [3.05, 3.63) is 23.8 Å². The zero-order valence-electron chi connectivity index (χ0n) is 17.3. The number of aliphatic imine (C=N–C) groups is 1. The minimum Gasteiger partial charge on any atom is -0.490 e. The molecular weight excluding hydrogens is 384 g/mol. The second kappa shape index (κ2) is 10.8. The maximum atomic E-state index is 12.6. The van der Waals surface area contributed by atoms with Crippen molar-refractivity contribution in [3.8, 4) is 11.5 Å². The van der Waals surface area contributed by atoms with E-state index in [4.69, 9.17) is 9.47 Å². The molecule has 0 amide bonds. The molecule has 1 aromatic rings. The molecular formula is C20H29F2N3O4. The zero-order chi connectivity index (χ0) is 21.4. The summed E-state index contributed by atoms with van der Waals surface area (Å²) in [4.78, 5) is 18.6. The van der Waals surface area contributed by atoms with Gasteiger partial charge >= 0.3 is 12.6 Å². The molecule has 1 saturated heterocycles. The monoisotopic (exact) mass is 413 g/mol. The Labute approximate surface area is 170 Å². The van der Waals surface area contributed by atoms with Gasteiger partial charge < -0.3 is 24.4 Å².